The summed E-state index contributed by atoms with van der Waals surface area (Å²) >= 11 is 0. The van der Waals surface area contributed by atoms with Crippen molar-refractivity contribution in [3.63, 3.8) is 0 Å². The second-order valence-electron chi connectivity index (χ2n) is 6.39. The highest BCUT2D eigenvalue weighted by Crippen LogP contribution is 2.22. The van der Waals surface area contributed by atoms with E-state index in [1.807, 2.05) is 6.07 Å². The molecule has 0 aliphatic carbocycles. The van der Waals surface area contributed by atoms with Crippen LogP contribution in [0.25, 0.3) is 0 Å². The number of alkyl halides is 3. The van der Waals surface area contributed by atoms with Gasteiger partial charge >= 0.3 is 6.36 Å². The molecular weight excluding hydrogens is 341 g/mol. The third kappa shape index (κ3) is 5.88. The Morgan fingerprint density at radius 3 is 2.27 bits per heavy atom. The van der Waals surface area contributed by atoms with Crippen LogP contribution < -0.4 is 4.74 Å². The van der Waals surface area contributed by atoms with Crippen LogP contribution in [0.5, 0.6) is 5.75 Å². The summed E-state index contributed by atoms with van der Waals surface area (Å²) in [6.45, 7) is 2.95. The highest BCUT2D eigenvalue weighted by Gasteiger charge is 2.30. The molecule has 3 nitrogen and oxygen atoms in total. The molecule has 0 amide bonds. The van der Waals surface area contributed by atoms with Gasteiger partial charge in [-0.25, -0.2) is 0 Å². The number of halogens is 3. The van der Waals surface area contributed by atoms with E-state index in [0.29, 0.717) is 0 Å². The molecule has 138 valence electrons. The number of nitrogens with zero attached hydrogens (tertiary/aromatic N) is 2. The lowest BCUT2D eigenvalue weighted by molar-refractivity contribution is -0.274. The van der Waals surface area contributed by atoms with Crippen LogP contribution in [0.2, 0.25) is 0 Å². The van der Waals surface area contributed by atoms with Gasteiger partial charge in [0.05, 0.1) is 6.04 Å². The molecule has 3 rings (SSSR count). The van der Waals surface area contributed by atoms with E-state index in [9.17, 15) is 13.2 Å². The first-order valence-electron chi connectivity index (χ1n) is 8.63. The molecule has 0 saturated carbocycles. The first-order valence-corrected chi connectivity index (χ1v) is 8.63. The van der Waals surface area contributed by atoms with Crippen molar-refractivity contribution < 1.29 is 17.9 Å². The second kappa shape index (κ2) is 8.36. The zero-order valence-electron chi connectivity index (χ0n) is 14.3. The Hall–Kier alpha value is -2.34. The van der Waals surface area contributed by atoms with Gasteiger partial charge in [0.1, 0.15) is 5.75 Å². The van der Waals surface area contributed by atoms with Crippen LogP contribution in [-0.2, 0) is 6.54 Å². The van der Waals surface area contributed by atoms with E-state index < -0.39 is 6.36 Å². The number of rotatable bonds is 5. The Kier molecular flexibility index (Phi) is 5.93. The molecule has 0 bridgehead atoms. The van der Waals surface area contributed by atoms with Gasteiger partial charge in [-0.05, 0) is 48.2 Å². The molecule has 1 aliphatic rings. The molecule has 0 aromatic heterocycles. The molecule has 0 atom stereocenters. The van der Waals surface area contributed by atoms with E-state index >= 15 is 0 Å². The van der Waals surface area contributed by atoms with Crippen LogP contribution in [-0.4, -0.2) is 36.6 Å². The van der Waals surface area contributed by atoms with Gasteiger partial charge in [-0.2, -0.15) is 0 Å². The SMILES string of the molecule is FC(F)(F)Oc1ccc(C=NC2CCN(Cc3ccccc3)CC2)cc1. The van der Waals surface area contributed by atoms with Crippen molar-refractivity contribution in [3.8, 4) is 5.75 Å². The van der Waals surface area contributed by atoms with Crippen molar-refractivity contribution in [2.75, 3.05) is 13.1 Å². The number of likely N-dealkylation sites (tertiary alicyclic amines) is 1. The lowest BCUT2D eigenvalue weighted by atomic mass is 10.0. The van der Waals surface area contributed by atoms with Gasteiger partial charge in [-0.3, -0.25) is 9.89 Å². The Balaban J connectivity index is 1.46. The summed E-state index contributed by atoms with van der Waals surface area (Å²) in [6.07, 6.45) is -0.963. The van der Waals surface area contributed by atoms with Crippen molar-refractivity contribution in [2.24, 2.45) is 4.99 Å². The molecule has 0 radical (unpaired) electrons. The van der Waals surface area contributed by atoms with Gasteiger partial charge in [0.2, 0.25) is 0 Å². The molecule has 1 heterocycles. The summed E-state index contributed by atoms with van der Waals surface area (Å²) in [6, 6.07) is 16.4. The minimum absolute atomic E-state index is 0.219. The fourth-order valence-corrected chi connectivity index (χ4v) is 3.02. The third-order valence-electron chi connectivity index (χ3n) is 4.35. The predicted molar refractivity (Wildman–Crippen MR) is 95.5 cm³/mol. The topological polar surface area (TPSA) is 24.8 Å². The molecule has 6 heteroatoms. The largest absolute Gasteiger partial charge is 0.573 e. The fraction of sp³-hybridized carbons (Fsp3) is 0.350. The average Bonchev–Trinajstić information content (AvgIpc) is 2.62. The second-order valence-corrected chi connectivity index (χ2v) is 6.39. The minimum Gasteiger partial charge on any atom is -0.406 e. The van der Waals surface area contributed by atoms with Crippen molar-refractivity contribution in [1.82, 2.24) is 4.90 Å². The van der Waals surface area contributed by atoms with Gasteiger partial charge in [0.15, 0.2) is 0 Å². The van der Waals surface area contributed by atoms with Crippen molar-refractivity contribution in [2.45, 2.75) is 31.8 Å². The summed E-state index contributed by atoms with van der Waals surface area (Å²) in [5, 5.41) is 0. The van der Waals surface area contributed by atoms with E-state index in [-0.39, 0.29) is 11.8 Å². The van der Waals surface area contributed by atoms with E-state index in [2.05, 4.69) is 38.9 Å². The average molecular weight is 362 g/mol. The van der Waals surface area contributed by atoms with Gasteiger partial charge < -0.3 is 4.74 Å². The van der Waals surface area contributed by atoms with Crippen LogP contribution in [0.3, 0.4) is 0 Å². The van der Waals surface area contributed by atoms with Gasteiger partial charge in [0.25, 0.3) is 0 Å². The molecule has 2 aromatic rings. The lowest BCUT2D eigenvalue weighted by Gasteiger charge is -2.30. The van der Waals surface area contributed by atoms with E-state index in [1.54, 1.807) is 18.3 Å². The molecular formula is C20H21F3N2O. The summed E-state index contributed by atoms with van der Waals surface area (Å²) in [4.78, 5) is 7.01. The number of hydrogen-bond acceptors (Lipinski definition) is 3. The number of ether oxygens (including phenoxy) is 1. The number of piperidine rings is 1. The summed E-state index contributed by atoms with van der Waals surface area (Å²) in [7, 11) is 0. The smallest absolute Gasteiger partial charge is 0.406 e. The number of hydrogen-bond donors (Lipinski definition) is 0. The summed E-state index contributed by atoms with van der Waals surface area (Å²) in [5.41, 5.74) is 2.09. The van der Waals surface area contributed by atoms with Gasteiger partial charge in [-0.1, -0.05) is 30.3 Å². The normalized spacial score (nSPS) is 16.9. The molecule has 1 fully saturated rings. The van der Waals surface area contributed by atoms with E-state index in [1.165, 1.54) is 17.7 Å². The first kappa shape index (κ1) is 18.5. The molecule has 26 heavy (non-hydrogen) atoms. The van der Waals surface area contributed by atoms with Crippen LogP contribution >= 0.6 is 0 Å². The Bertz CT molecular complexity index is 706. The Morgan fingerprint density at radius 2 is 1.65 bits per heavy atom. The van der Waals surface area contributed by atoms with Crippen LogP contribution in [0.15, 0.2) is 59.6 Å². The van der Waals surface area contributed by atoms with Gasteiger partial charge in [0, 0.05) is 25.8 Å². The highest BCUT2D eigenvalue weighted by molar-refractivity contribution is 5.79. The van der Waals surface area contributed by atoms with E-state index in [4.69, 9.17) is 0 Å². The maximum absolute atomic E-state index is 12.1. The molecule has 0 N–H and O–H groups in total. The highest BCUT2D eigenvalue weighted by atomic mass is 19.4. The monoisotopic (exact) mass is 362 g/mol. The van der Waals surface area contributed by atoms with E-state index in [0.717, 1.165) is 38.0 Å². The maximum atomic E-state index is 12.1. The summed E-state index contributed by atoms with van der Waals surface area (Å²) in [5.74, 6) is -0.219. The minimum atomic E-state index is -4.66. The van der Waals surface area contributed by atoms with Crippen molar-refractivity contribution in [3.05, 3.63) is 65.7 Å². The third-order valence-corrected chi connectivity index (χ3v) is 4.35. The summed E-state index contributed by atoms with van der Waals surface area (Å²) < 4.78 is 40.3. The zero-order valence-corrected chi connectivity index (χ0v) is 14.3. The van der Waals surface area contributed by atoms with Crippen LogP contribution in [0, 0.1) is 0 Å². The Morgan fingerprint density at radius 1 is 1.00 bits per heavy atom. The standard InChI is InChI=1S/C20H21F3N2O/c21-20(22,23)26-19-8-6-16(7-9-19)14-24-18-10-12-25(13-11-18)15-17-4-2-1-3-5-17/h1-9,14,18H,10-13,15H2. The quantitative estimate of drug-likeness (QED) is 0.722. The predicted octanol–water partition coefficient (Wildman–Crippen LogP) is 4.67. The fourth-order valence-electron chi connectivity index (χ4n) is 3.02. The Labute approximate surface area is 151 Å². The van der Waals surface area contributed by atoms with Crippen molar-refractivity contribution >= 4 is 6.21 Å². The molecule has 1 saturated heterocycles. The first-order chi connectivity index (χ1) is 12.5. The molecule has 2 aromatic carbocycles. The number of benzene rings is 2. The zero-order chi connectivity index (χ0) is 18.4. The van der Waals surface area contributed by atoms with Gasteiger partial charge in [-0.15, -0.1) is 13.2 Å². The molecule has 0 spiro atoms. The molecule has 1 aliphatic heterocycles. The van der Waals surface area contributed by atoms with Crippen LogP contribution in [0.4, 0.5) is 13.2 Å². The molecule has 0 unspecified atom stereocenters. The maximum Gasteiger partial charge on any atom is 0.573 e. The van der Waals surface area contributed by atoms with Crippen LogP contribution in [0.1, 0.15) is 24.0 Å². The van der Waals surface area contributed by atoms with Crippen molar-refractivity contribution in [1.29, 1.82) is 0 Å². The lowest BCUT2D eigenvalue weighted by Crippen LogP contribution is -2.34. The number of aliphatic imine (C=N–C) groups is 1.